The summed E-state index contributed by atoms with van der Waals surface area (Å²) >= 11 is 0. The van der Waals surface area contributed by atoms with Gasteiger partial charge in [0.15, 0.2) is 18.2 Å². The Bertz CT molecular complexity index is 1150. The van der Waals surface area contributed by atoms with Gasteiger partial charge in [0.05, 0.1) is 6.42 Å². The first-order valence-electron chi connectivity index (χ1n) is 9.17. The molecule has 1 amide bonds. The van der Waals surface area contributed by atoms with Crippen LogP contribution in [0.5, 0.6) is 5.75 Å². The van der Waals surface area contributed by atoms with Gasteiger partial charge in [-0.25, -0.2) is 4.39 Å². The average Bonchev–Trinajstić information content (AvgIpc) is 3.24. The van der Waals surface area contributed by atoms with E-state index in [2.05, 4.69) is 20.4 Å². The molecule has 0 unspecified atom stereocenters. The van der Waals surface area contributed by atoms with Crippen molar-refractivity contribution in [2.45, 2.75) is 6.42 Å². The first-order valence-corrected chi connectivity index (χ1v) is 9.17. The van der Waals surface area contributed by atoms with Gasteiger partial charge in [-0.05, 0) is 35.9 Å². The number of hydrogen-bond acceptors (Lipinski definition) is 6. The molecular formula is C22H17FN4O3. The molecule has 0 radical (unpaired) electrons. The van der Waals surface area contributed by atoms with Crippen LogP contribution < -0.4 is 10.1 Å². The van der Waals surface area contributed by atoms with Gasteiger partial charge in [0, 0.05) is 23.6 Å². The highest BCUT2D eigenvalue weighted by atomic mass is 19.1. The molecule has 8 heteroatoms. The predicted molar refractivity (Wildman–Crippen MR) is 107 cm³/mol. The van der Waals surface area contributed by atoms with E-state index in [9.17, 15) is 9.18 Å². The number of carbonyl (C=O) groups excluding carboxylic acids is 1. The summed E-state index contributed by atoms with van der Waals surface area (Å²) < 4.78 is 24.2. The maximum atomic E-state index is 13.6. The van der Waals surface area contributed by atoms with Crippen LogP contribution >= 0.6 is 0 Å². The van der Waals surface area contributed by atoms with Gasteiger partial charge in [0.2, 0.25) is 11.7 Å². The topological polar surface area (TPSA) is 90.1 Å². The molecule has 0 atom stereocenters. The number of rotatable bonds is 7. The molecular weight excluding hydrogens is 387 g/mol. The number of aromatic nitrogens is 3. The Kier molecular flexibility index (Phi) is 5.75. The fraction of sp³-hybridized carbons (Fsp3) is 0.0909. The Balaban J connectivity index is 1.42. The zero-order valence-corrected chi connectivity index (χ0v) is 15.8. The number of nitrogens with one attached hydrogen (secondary N) is 1. The van der Waals surface area contributed by atoms with E-state index in [0.29, 0.717) is 23.8 Å². The molecule has 4 aromatic rings. The number of ether oxygens (including phenoxy) is 1. The monoisotopic (exact) mass is 404 g/mol. The first kappa shape index (κ1) is 19.3. The average molecular weight is 404 g/mol. The van der Waals surface area contributed by atoms with Gasteiger partial charge in [-0.3, -0.25) is 9.78 Å². The second kappa shape index (κ2) is 8.95. The van der Waals surface area contributed by atoms with Crippen molar-refractivity contribution in [3.63, 3.8) is 0 Å². The highest BCUT2D eigenvalue weighted by Gasteiger charge is 2.13. The maximum Gasteiger partial charge on any atom is 0.262 e. The van der Waals surface area contributed by atoms with Crippen molar-refractivity contribution < 1.29 is 18.4 Å². The molecule has 7 nitrogen and oxygen atoms in total. The number of nitrogens with zero attached hydrogens (tertiary/aromatic N) is 3. The van der Waals surface area contributed by atoms with E-state index in [1.807, 2.05) is 18.2 Å². The summed E-state index contributed by atoms with van der Waals surface area (Å²) in [7, 11) is 0. The molecule has 0 aliphatic carbocycles. The third kappa shape index (κ3) is 4.67. The van der Waals surface area contributed by atoms with Crippen molar-refractivity contribution in [1.82, 2.24) is 15.1 Å². The maximum absolute atomic E-state index is 13.6. The fourth-order valence-corrected chi connectivity index (χ4v) is 2.79. The molecule has 2 aromatic carbocycles. The molecule has 0 aliphatic rings. The van der Waals surface area contributed by atoms with Crippen LogP contribution in [0.25, 0.3) is 11.4 Å². The van der Waals surface area contributed by atoms with Crippen molar-refractivity contribution >= 4 is 11.6 Å². The summed E-state index contributed by atoms with van der Waals surface area (Å²) in [5.41, 5.74) is 2.12. The summed E-state index contributed by atoms with van der Waals surface area (Å²) in [5, 5.41) is 6.75. The fourth-order valence-electron chi connectivity index (χ4n) is 2.79. The van der Waals surface area contributed by atoms with E-state index >= 15 is 0 Å². The molecule has 4 rings (SSSR count). The molecule has 0 saturated heterocycles. The molecule has 0 bridgehead atoms. The number of amides is 1. The molecule has 0 spiro atoms. The lowest BCUT2D eigenvalue weighted by molar-refractivity contribution is -0.118. The van der Waals surface area contributed by atoms with Crippen LogP contribution in [0.2, 0.25) is 0 Å². The van der Waals surface area contributed by atoms with Gasteiger partial charge >= 0.3 is 0 Å². The normalized spacial score (nSPS) is 10.6. The lowest BCUT2D eigenvalue weighted by Crippen LogP contribution is -2.21. The summed E-state index contributed by atoms with van der Waals surface area (Å²) in [6, 6.07) is 16.8. The van der Waals surface area contributed by atoms with Gasteiger partial charge in [-0.1, -0.05) is 35.5 Å². The summed E-state index contributed by atoms with van der Waals surface area (Å²) in [5.74, 6) is -0.0652. The highest BCUT2D eigenvalue weighted by molar-refractivity contribution is 5.92. The molecule has 30 heavy (non-hydrogen) atoms. The minimum atomic E-state index is -0.522. The van der Waals surface area contributed by atoms with Crippen molar-refractivity contribution in [2.24, 2.45) is 0 Å². The Morgan fingerprint density at radius 1 is 1.07 bits per heavy atom. The van der Waals surface area contributed by atoms with Crippen LogP contribution in [-0.4, -0.2) is 27.6 Å². The van der Waals surface area contributed by atoms with Crippen LogP contribution in [-0.2, 0) is 11.2 Å². The SMILES string of the molecule is O=C(COc1ccccc1F)Nc1ccccc1Cc1nc(-c2cccnc2)no1. The summed E-state index contributed by atoms with van der Waals surface area (Å²) in [6.45, 7) is -0.318. The molecule has 2 heterocycles. The van der Waals surface area contributed by atoms with Crippen molar-refractivity contribution in [3.8, 4) is 17.1 Å². The van der Waals surface area contributed by atoms with Gasteiger partial charge in [-0.15, -0.1) is 0 Å². The Labute approximate surface area is 171 Å². The lowest BCUT2D eigenvalue weighted by atomic mass is 10.1. The number of para-hydroxylation sites is 2. The molecule has 0 aliphatic heterocycles. The van der Waals surface area contributed by atoms with Crippen LogP contribution in [0.4, 0.5) is 10.1 Å². The predicted octanol–water partition coefficient (Wildman–Crippen LogP) is 3.88. The number of anilines is 1. The summed E-state index contributed by atoms with van der Waals surface area (Å²) in [6.07, 6.45) is 3.65. The zero-order valence-electron chi connectivity index (χ0n) is 15.8. The third-order valence-electron chi connectivity index (χ3n) is 4.22. The standard InChI is InChI=1S/C22H17FN4O3/c23-17-8-2-4-10-19(17)29-14-20(28)25-18-9-3-1-6-15(18)12-21-26-22(27-30-21)16-7-5-11-24-13-16/h1-11,13H,12,14H2,(H,25,28). The molecule has 150 valence electrons. The van der Waals surface area contributed by atoms with E-state index in [0.717, 1.165) is 11.1 Å². The largest absolute Gasteiger partial charge is 0.481 e. The minimum Gasteiger partial charge on any atom is -0.481 e. The smallest absolute Gasteiger partial charge is 0.262 e. The number of hydrogen-bond donors (Lipinski definition) is 1. The van der Waals surface area contributed by atoms with Crippen LogP contribution in [0.3, 0.4) is 0 Å². The Morgan fingerprint density at radius 2 is 1.90 bits per heavy atom. The van der Waals surface area contributed by atoms with Crippen LogP contribution in [0.1, 0.15) is 11.5 Å². The van der Waals surface area contributed by atoms with Crippen molar-refractivity contribution in [2.75, 3.05) is 11.9 Å². The summed E-state index contributed by atoms with van der Waals surface area (Å²) in [4.78, 5) is 20.7. The second-order valence-corrected chi connectivity index (χ2v) is 6.35. The lowest BCUT2D eigenvalue weighted by Gasteiger charge is -2.11. The first-order chi connectivity index (χ1) is 14.7. The van der Waals surface area contributed by atoms with Crippen LogP contribution in [0, 0.1) is 5.82 Å². The quantitative estimate of drug-likeness (QED) is 0.503. The molecule has 0 fully saturated rings. The second-order valence-electron chi connectivity index (χ2n) is 6.35. The van der Waals surface area contributed by atoms with E-state index in [4.69, 9.17) is 9.26 Å². The number of halogens is 1. The van der Waals surface area contributed by atoms with E-state index in [1.54, 1.807) is 42.7 Å². The molecule has 2 aromatic heterocycles. The Hall–Kier alpha value is -4.07. The van der Waals surface area contributed by atoms with E-state index in [-0.39, 0.29) is 12.4 Å². The molecule has 1 N–H and O–H groups in total. The number of pyridine rings is 1. The highest BCUT2D eigenvalue weighted by Crippen LogP contribution is 2.21. The van der Waals surface area contributed by atoms with Gasteiger partial charge in [-0.2, -0.15) is 4.98 Å². The number of benzene rings is 2. The number of carbonyl (C=O) groups is 1. The van der Waals surface area contributed by atoms with Crippen molar-refractivity contribution in [3.05, 3.63) is 90.3 Å². The van der Waals surface area contributed by atoms with Gasteiger partial charge < -0.3 is 14.6 Å². The van der Waals surface area contributed by atoms with E-state index in [1.165, 1.54) is 12.1 Å². The van der Waals surface area contributed by atoms with Crippen LogP contribution in [0.15, 0.2) is 77.6 Å². The molecule has 0 saturated carbocycles. The van der Waals surface area contributed by atoms with E-state index < -0.39 is 11.7 Å². The van der Waals surface area contributed by atoms with Crippen molar-refractivity contribution in [1.29, 1.82) is 0 Å². The third-order valence-corrected chi connectivity index (χ3v) is 4.22. The van der Waals surface area contributed by atoms with Gasteiger partial charge in [0.1, 0.15) is 0 Å². The van der Waals surface area contributed by atoms with Gasteiger partial charge in [0.25, 0.3) is 5.91 Å². The Morgan fingerprint density at radius 3 is 2.73 bits per heavy atom. The minimum absolute atomic E-state index is 0.0229. The zero-order chi connectivity index (χ0) is 20.8.